The van der Waals surface area contributed by atoms with Crippen molar-refractivity contribution in [1.82, 2.24) is 20.0 Å². The minimum absolute atomic E-state index is 0.00226. The van der Waals surface area contributed by atoms with E-state index in [-0.39, 0.29) is 5.69 Å². The minimum atomic E-state index is -0.784. The van der Waals surface area contributed by atoms with Crippen LogP contribution < -0.4 is 15.4 Å². The molecule has 0 bridgehead atoms. The van der Waals surface area contributed by atoms with Crippen LogP contribution in [0.5, 0.6) is 11.6 Å². The molecule has 10 heteroatoms. The van der Waals surface area contributed by atoms with E-state index in [0.717, 1.165) is 29.6 Å². The van der Waals surface area contributed by atoms with Crippen LogP contribution in [-0.4, -0.2) is 26.0 Å². The molecule has 0 aliphatic heterocycles. The number of benzene rings is 2. The van der Waals surface area contributed by atoms with Crippen molar-refractivity contribution in [3.63, 3.8) is 0 Å². The zero-order valence-corrected chi connectivity index (χ0v) is 17.1. The van der Waals surface area contributed by atoms with E-state index >= 15 is 0 Å². The number of ether oxygens (including phenoxy) is 1. The fourth-order valence-corrected chi connectivity index (χ4v) is 2.99. The van der Waals surface area contributed by atoms with Gasteiger partial charge in [-0.05, 0) is 62.4 Å². The van der Waals surface area contributed by atoms with E-state index in [9.17, 15) is 13.6 Å². The van der Waals surface area contributed by atoms with Gasteiger partial charge in [-0.3, -0.25) is 0 Å². The minimum Gasteiger partial charge on any atom is -0.438 e. The average Bonchev–Trinajstić information content (AvgIpc) is 3.07. The molecule has 0 atom stereocenters. The zero-order chi connectivity index (χ0) is 22.7. The molecule has 0 spiro atoms. The molecule has 0 aliphatic rings. The summed E-state index contributed by atoms with van der Waals surface area (Å²) in [6.45, 7) is 3.83. The number of nitrogens with one attached hydrogen (secondary N) is 2. The van der Waals surface area contributed by atoms with E-state index in [1.54, 1.807) is 41.1 Å². The quantitative estimate of drug-likeness (QED) is 0.460. The molecule has 0 aliphatic carbocycles. The molecule has 2 amide bonds. The Bertz CT molecular complexity index is 1240. The van der Waals surface area contributed by atoms with Crippen molar-refractivity contribution in [2.75, 3.05) is 10.6 Å². The number of carbonyl (C=O) groups is 1. The van der Waals surface area contributed by atoms with E-state index in [1.807, 2.05) is 19.9 Å². The first kappa shape index (κ1) is 20.9. The molecule has 162 valence electrons. The first-order valence-electron chi connectivity index (χ1n) is 9.55. The normalized spacial score (nSPS) is 10.6. The van der Waals surface area contributed by atoms with Gasteiger partial charge in [-0.1, -0.05) is 0 Å². The van der Waals surface area contributed by atoms with Crippen LogP contribution in [-0.2, 0) is 0 Å². The van der Waals surface area contributed by atoms with Gasteiger partial charge in [0.1, 0.15) is 17.4 Å². The van der Waals surface area contributed by atoms with Gasteiger partial charge < -0.3 is 15.4 Å². The Morgan fingerprint density at radius 1 is 0.875 bits per heavy atom. The molecule has 2 aromatic carbocycles. The van der Waals surface area contributed by atoms with Crippen molar-refractivity contribution in [1.29, 1.82) is 0 Å². The first-order chi connectivity index (χ1) is 15.4. The van der Waals surface area contributed by atoms with Crippen LogP contribution >= 0.6 is 0 Å². The number of amides is 2. The molecule has 2 aromatic heterocycles. The lowest BCUT2D eigenvalue weighted by Crippen LogP contribution is -2.19. The number of halogens is 2. The van der Waals surface area contributed by atoms with Crippen LogP contribution in [0, 0.1) is 25.5 Å². The second-order valence-electron chi connectivity index (χ2n) is 6.93. The third-order valence-electron chi connectivity index (χ3n) is 4.31. The predicted molar refractivity (Wildman–Crippen MR) is 114 cm³/mol. The summed E-state index contributed by atoms with van der Waals surface area (Å²) >= 11 is 0. The number of carbonyl (C=O) groups excluding carboxylic acids is 1. The SMILES string of the molecule is Cc1cc(C)n(-c2ccc(Oc3ccc(NC(=O)Nc4cc(F)cc(F)c4)cc3)nn2)n1. The molecule has 32 heavy (non-hydrogen) atoms. The topological polar surface area (TPSA) is 94.0 Å². The highest BCUT2D eigenvalue weighted by Crippen LogP contribution is 2.22. The lowest BCUT2D eigenvalue weighted by molar-refractivity contribution is 0.262. The Morgan fingerprint density at radius 3 is 2.16 bits per heavy atom. The van der Waals surface area contributed by atoms with Crippen LogP contribution in [0.3, 0.4) is 0 Å². The molecular weight excluding hydrogens is 418 g/mol. The maximum absolute atomic E-state index is 13.2. The van der Waals surface area contributed by atoms with Gasteiger partial charge in [-0.15, -0.1) is 10.2 Å². The van der Waals surface area contributed by atoms with Crippen LogP contribution in [0.15, 0.2) is 60.7 Å². The van der Waals surface area contributed by atoms with E-state index in [1.165, 1.54) is 0 Å². The van der Waals surface area contributed by atoms with Gasteiger partial charge >= 0.3 is 6.03 Å². The molecule has 8 nitrogen and oxygen atoms in total. The molecule has 4 aromatic rings. The van der Waals surface area contributed by atoms with E-state index in [2.05, 4.69) is 25.9 Å². The molecule has 0 saturated heterocycles. The van der Waals surface area contributed by atoms with Crippen molar-refractivity contribution in [3.8, 4) is 17.4 Å². The molecule has 0 saturated carbocycles. The Balaban J connectivity index is 1.36. The molecule has 4 rings (SSSR count). The van der Waals surface area contributed by atoms with Gasteiger partial charge in [0.2, 0.25) is 5.88 Å². The summed E-state index contributed by atoms with van der Waals surface area (Å²) in [6, 6.07) is 14.0. The lowest BCUT2D eigenvalue weighted by Gasteiger charge is -2.09. The summed E-state index contributed by atoms with van der Waals surface area (Å²) in [4.78, 5) is 12.0. The summed E-state index contributed by atoms with van der Waals surface area (Å²) in [5.74, 6) is -0.217. The Hall–Kier alpha value is -4.34. The summed E-state index contributed by atoms with van der Waals surface area (Å²) < 4.78 is 33.8. The second-order valence-corrected chi connectivity index (χ2v) is 6.93. The Kier molecular flexibility index (Phi) is 5.75. The number of hydrogen-bond donors (Lipinski definition) is 2. The van der Waals surface area contributed by atoms with Crippen LogP contribution in [0.2, 0.25) is 0 Å². The summed E-state index contributed by atoms with van der Waals surface area (Å²) in [5, 5.41) is 17.5. The van der Waals surface area contributed by atoms with Gasteiger partial charge in [-0.2, -0.15) is 5.10 Å². The Morgan fingerprint density at radius 2 is 1.56 bits per heavy atom. The van der Waals surface area contributed by atoms with E-state index in [0.29, 0.717) is 23.1 Å². The fourth-order valence-electron chi connectivity index (χ4n) is 2.99. The van der Waals surface area contributed by atoms with Crippen molar-refractivity contribution >= 4 is 17.4 Å². The van der Waals surface area contributed by atoms with Gasteiger partial charge in [0, 0.05) is 29.2 Å². The predicted octanol–water partition coefficient (Wildman–Crippen LogP) is 4.99. The fraction of sp³-hybridized carbons (Fsp3) is 0.0909. The number of hydrogen-bond acceptors (Lipinski definition) is 5. The van der Waals surface area contributed by atoms with Crippen molar-refractivity contribution < 1.29 is 18.3 Å². The summed E-state index contributed by atoms with van der Waals surface area (Å²) in [7, 11) is 0. The van der Waals surface area contributed by atoms with Crippen molar-refractivity contribution in [2.45, 2.75) is 13.8 Å². The Labute approximate surface area is 181 Å². The van der Waals surface area contributed by atoms with Gasteiger partial charge in [0.05, 0.1) is 5.69 Å². The molecule has 0 fully saturated rings. The van der Waals surface area contributed by atoms with Gasteiger partial charge in [0.15, 0.2) is 5.82 Å². The van der Waals surface area contributed by atoms with Gasteiger partial charge in [-0.25, -0.2) is 18.3 Å². The highest BCUT2D eigenvalue weighted by Gasteiger charge is 2.08. The smallest absolute Gasteiger partial charge is 0.323 e. The largest absolute Gasteiger partial charge is 0.438 e. The first-order valence-corrected chi connectivity index (χ1v) is 9.55. The van der Waals surface area contributed by atoms with E-state index < -0.39 is 17.7 Å². The highest BCUT2D eigenvalue weighted by atomic mass is 19.1. The standard InChI is InChI=1S/C22H18F2N6O2/c1-13-9-14(2)30(29-13)20-7-8-21(28-27-20)32-19-5-3-17(4-6-19)25-22(31)26-18-11-15(23)10-16(24)12-18/h3-12H,1-2H3,(H2,25,26,31). The van der Waals surface area contributed by atoms with Crippen LogP contribution in [0.4, 0.5) is 25.0 Å². The molecule has 2 heterocycles. The number of anilines is 2. The molecule has 0 unspecified atom stereocenters. The summed E-state index contributed by atoms with van der Waals surface area (Å²) in [5.41, 5.74) is 2.29. The number of urea groups is 1. The molecule has 2 N–H and O–H groups in total. The number of nitrogens with zero attached hydrogens (tertiary/aromatic N) is 4. The third kappa shape index (κ3) is 5.04. The van der Waals surface area contributed by atoms with Gasteiger partial charge in [0.25, 0.3) is 0 Å². The lowest BCUT2D eigenvalue weighted by atomic mass is 10.3. The molecule has 0 radical (unpaired) electrons. The molecular formula is C22H18F2N6O2. The second kappa shape index (κ2) is 8.80. The average molecular weight is 436 g/mol. The highest BCUT2D eigenvalue weighted by molar-refractivity contribution is 5.99. The van der Waals surface area contributed by atoms with E-state index in [4.69, 9.17) is 4.74 Å². The monoisotopic (exact) mass is 436 g/mol. The van der Waals surface area contributed by atoms with Crippen molar-refractivity contribution in [2.24, 2.45) is 0 Å². The number of aryl methyl sites for hydroxylation is 2. The maximum Gasteiger partial charge on any atom is 0.323 e. The van der Waals surface area contributed by atoms with Crippen LogP contribution in [0.1, 0.15) is 11.4 Å². The number of aromatic nitrogens is 4. The van der Waals surface area contributed by atoms with Crippen molar-refractivity contribution in [3.05, 3.63) is 83.7 Å². The third-order valence-corrected chi connectivity index (χ3v) is 4.31. The zero-order valence-electron chi connectivity index (χ0n) is 17.1. The summed E-state index contributed by atoms with van der Waals surface area (Å²) in [6.07, 6.45) is 0. The maximum atomic E-state index is 13.2. The van der Waals surface area contributed by atoms with Crippen LogP contribution in [0.25, 0.3) is 5.82 Å². The number of rotatable bonds is 5.